The summed E-state index contributed by atoms with van der Waals surface area (Å²) in [4.78, 5) is 14.2. The van der Waals surface area contributed by atoms with Gasteiger partial charge in [0.05, 0.1) is 12.1 Å². The van der Waals surface area contributed by atoms with Gasteiger partial charge in [-0.15, -0.1) is 0 Å². The van der Waals surface area contributed by atoms with E-state index in [2.05, 4.69) is 0 Å². The largest absolute Gasteiger partial charge is 0.467 e. The van der Waals surface area contributed by atoms with E-state index in [0.717, 1.165) is 18.9 Å². The van der Waals surface area contributed by atoms with Gasteiger partial charge in [-0.05, 0) is 25.0 Å². The quantitative estimate of drug-likeness (QED) is 0.924. The van der Waals surface area contributed by atoms with Crippen LogP contribution in [0.5, 0.6) is 0 Å². The van der Waals surface area contributed by atoms with Crippen molar-refractivity contribution in [2.45, 2.75) is 32.0 Å². The van der Waals surface area contributed by atoms with Gasteiger partial charge in [-0.3, -0.25) is 4.79 Å². The highest BCUT2D eigenvalue weighted by atomic mass is 19.1. The summed E-state index contributed by atoms with van der Waals surface area (Å²) < 4.78 is 32.0. The van der Waals surface area contributed by atoms with Gasteiger partial charge >= 0.3 is 0 Å². The summed E-state index contributed by atoms with van der Waals surface area (Å²) in [5.74, 6) is -0.983. The van der Waals surface area contributed by atoms with E-state index < -0.39 is 11.6 Å². The average molecular weight is 306 g/mol. The lowest BCUT2D eigenvalue weighted by atomic mass is 10.1. The number of hydrogen-bond donors (Lipinski definition) is 1. The lowest BCUT2D eigenvalue weighted by Crippen LogP contribution is -2.32. The van der Waals surface area contributed by atoms with Crippen molar-refractivity contribution in [3.63, 3.8) is 0 Å². The van der Waals surface area contributed by atoms with Crippen LogP contribution in [0.4, 0.5) is 8.78 Å². The third-order valence-electron chi connectivity index (χ3n) is 3.71. The first kappa shape index (κ1) is 14.7. The fourth-order valence-corrected chi connectivity index (χ4v) is 2.35. The van der Waals surface area contributed by atoms with Gasteiger partial charge in [-0.25, -0.2) is 8.78 Å². The zero-order valence-corrected chi connectivity index (χ0v) is 11.9. The number of nitrogens with zero attached hydrogens (tertiary/aromatic N) is 1. The van der Waals surface area contributed by atoms with Crippen LogP contribution in [-0.2, 0) is 13.1 Å². The zero-order chi connectivity index (χ0) is 15.7. The van der Waals surface area contributed by atoms with Gasteiger partial charge in [0.2, 0.25) is 0 Å². The molecule has 1 saturated carbocycles. The second-order valence-corrected chi connectivity index (χ2v) is 5.41. The lowest BCUT2D eigenvalue weighted by Gasteiger charge is -2.22. The fraction of sp³-hybridized carbons (Fsp3) is 0.312. The lowest BCUT2D eigenvalue weighted by molar-refractivity contribution is 0.0727. The van der Waals surface area contributed by atoms with Crippen LogP contribution in [0.25, 0.3) is 0 Å². The summed E-state index contributed by atoms with van der Waals surface area (Å²) in [6, 6.07) is 5.08. The Morgan fingerprint density at radius 2 is 2.09 bits per heavy atom. The van der Waals surface area contributed by atoms with Gasteiger partial charge in [-0.1, -0.05) is 6.07 Å². The second kappa shape index (κ2) is 5.88. The molecule has 1 fully saturated rings. The van der Waals surface area contributed by atoms with Gasteiger partial charge in [0.25, 0.3) is 5.91 Å². The molecule has 0 aliphatic heterocycles. The molecule has 1 aliphatic carbocycles. The molecule has 1 aliphatic rings. The van der Waals surface area contributed by atoms with Crippen molar-refractivity contribution < 1.29 is 18.0 Å². The molecule has 0 bridgehead atoms. The van der Waals surface area contributed by atoms with Gasteiger partial charge < -0.3 is 15.1 Å². The third kappa shape index (κ3) is 3.01. The molecule has 0 atom stereocenters. The van der Waals surface area contributed by atoms with Crippen LogP contribution in [0.15, 0.2) is 34.9 Å². The number of rotatable bonds is 5. The van der Waals surface area contributed by atoms with Crippen molar-refractivity contribution in [1.29, 1.82) is 0 Å². The van der Waals surface area contributed by atoms with E-state index in [-0.39, 0.29) is 25.0 Å². The Hall–Kier alpha value is -2.21. The normalized spacial score (nSPS) is 14.1. The van der Waals surface area contributed by atoms with Crippen LogP contribution in [0.2, 0.25) is 0 Å². The van der Waals surface area contributed by atoms with E-state index in [4.69, 9.17) is 10.2 Å². The monoisotopic (exact) mass is 306 g/mol. The molecule has 116 valence electrons. The van der Waals surface area contributed by atoms with Crippen molar-refractivity contribution in [3.05, 3.63) is 59.1 Å². The number of carbonyl (C=O) groups is 1. The van der Waals surface area contributed by atoms with E-state index in [0.29, 0.717) is 16.9 Å². The van der Waals surface area contributed by atoms with Crippen LogP contribution >= 0.6 is 0 Å². The van der Waals surface area contributed by atoms with Crippen molar-refractivity contribution in [1.82, 2.24) is 4.90 Å². The summed E-state index contributed by atoms with van der Waals surface area (Å²) in [6.45, 7) is 0.321. The molecule has 4 nitrogen and oxygen atoms in total. The number of benzene rings is 1. The molecule has 2 N–H and O–H groups in total. The summed E-state index contributed by atoms with van der Waals surface area (Å²) in [6.07, 6.45) is 3.13. The van der Waals surface area contributed by atoms with Crippen molar-refractivity contribution >= 4 is 5.91 Å². The number of furan rings is 1. The molecule has 0 radical (unpaired) electrons. The predicted octanol–water partition coefficient (Wildman–Crippen LogP) is 2.82. The highest BCUT2D eigenvalue weighted by molar-refractivity contribution is 5.94. The molecule has 1 amide bonds. The molecule has 6 heteroatoms. The number of amides is 1. The maximum absolute atomic E-state index is 13.8. The fourth-order valence-electron chi connectivity index (χ4n) is 2.35. The number of carbonyl (C=O) groups excluding carboxylic acids is 1. The van der Waals surface area contributed by atoms with Gasteiger partial charge in [0.15, 0.2) is 0 Å². The second-order valence-electron chi connectivity index (χ2n) is 5.41. The molecular weight excluding hydrogens is 290 g/mol. The van der Waals surface area contributed by atoms with E-state index in [9.17, 15) is 13.6 Å². The van der Waals surface area contributed by atoms with E-state index >= 15 is 0 Å². The highest BCUT2D eigenvalue weighted by Crippen LogP contribution is 2.30. The molecule has 3 rings (SSSR count). The Morgan fingerprint density at radius 1 is 1.32 bits per heavy atom. The van der Waals surface area contributed by atoms with Crippen molar-refractivity contribution in [3.8, 4) is 0 Å². The van der Waals surface area contributed by atoms with Crippen LogP contribution in [0, 0.1) is 11.6 Å². The smallest absolute Gasteiger partial charge is 0.257 e. The molecule has 1 heterocycles. The summed E-state index contributed by atoms with van der Waals surface area (Å²) in [7, 11) is 0. The Kier molecular flexibility index (Phi) is 3.94. The molecular formula is C16H16F2N2O2. The van der Waals surface area contributed by atoms with E-state index in [1.807, 2.05) is 0 Å². The first-order valence-electron chi connectivity index (χ1n) is 7.11. The first-order chi connectivity index (χ1) is 10.6. The summed E-state index contributed by atoms with van der Waals surface area (Å²) in [5.41, 5.74) is 6.16. The van der Waals surface area contributed by atoms with E-state index in [1.165, 1.54) is 18.4 Å². The Labute approximate surface area is 126 Å². The van der Waals surface area contributed by atoms with Crippen molar-refractivity contribution in [2.75, 3.05) is 0 Å². The topological polar surface area (TPSA) is 59.5 Å². The van der Waals surface area contributed by atoms with Crippen LogP contribution in [0.3, 0.4) is 0 Å². The summed E-state index contributed by atoms with van der Waals surface area (Å²) in [5, 5.41) is 0. The minimum Gasteiger partial charge on any atom is -0.467 e. The molecule has 0 unspecified atom stereocenters. The SMILES string of the molecule is NCc1cc(C(=O)N(Cc2ccc(F)cc2F)C2CC2)co1. The molecule has 0 spiro atoms. The molecule has 1 aromatic carbocycles. The standard InChI is InChI=1S/C16H16F2N2O2/c17-12-2-1-10(15(18)6-12)8-20(13-3-4-13)16(21)11-5-14(7-19)22-9-11/h1-2,5-6,9,13H,3-4,7-8,19H2. The minimum atomic E-state index is -0.645. The summed E-state index contributed by atoms with van der Waals surface area (Å²) >= 11 is 0. The first-order valence-corrected chi connectivity index (χ1v) is 7.11. The van der Waals surface area contributed by atoms with Crippen LogP contribution in [-0.4, -0.2) is 16.8 Å². The third-order valence-corrected chi connectivity index (χ3v) is 3.71. The average Bonchev–Trinajstić information content (AvgIpc) is 3.22. The number of hydrogen-bond acceptors (Lipinski definition) is 3. The highest BCUT2D eigenvalue weighted by Gasteiger charge is 2.34. The molecule has 2 aromatic rings. The van der Waals surface area contributed by atoms with Gasteiger partial charge in [0, 0.05) is 24.2 Å². The molecule has 22 heavy (non-hydrogen) atoms. The Balaban J connectivity index is 1.82. The Morgan fingerprint density at radius 3 is 2.68 bits per heavy atom. The number of halogens is 2. The van der Waals surface area contributed by atoms with Gasteiger partial charge in [-0.2, -0.15) is 0 Å². The number of nitrogens with two attached hydrogens (primary N) is 1. The van der Waals surface area contributed by atoms with E-state index in [1.54, 1.807) is 11.0 Å². The Bertz CT molecular complexity index is 695. The van der Waals surface area contributed by atoms with Crippen LogP contribution < -0.4 is 5.73 Å². The molecule has 1 aromatic heterocycles. The zero-order valence-electron chi connectivity index (χ0n) is 11.9. The van der Waals surface area contributed by atoms with Crippen molar-refractivity contribution in [2.24, 2.45) is 5.73 Å². The minimum absolute atomic E-state index is 0.0909. The maximum atomic E-state index is 13.8. The molecule has 0 saturated heterocycles. The predicted molar refractivity (Wildman–Crippen MR) is 75.9 cm³/mol. The maximum Gasteiger partial charge on any atom is 0.257 e. The van der Waals surface area contributed by atoms with Crippen LogP contribution in [0.1, 0.15) is 34.5 Å². The van der Waals surface area contributed by atoms with Gasteiger partial charge in [0.1, 0.15) is 23.7 Å².